The van der Waals surface area contributed by atoms with Crippen LogP contribution in [0.1, 0.15) is 37.8 Å². The van der Waals surface area contributed by atoms with E-state index in [2.05, 4.69) is 24.5 Å². The van der Waals surface area contributed by atoms with Gasteiger partial charge >= 0.3 is 0 Å². The minimum absolute atomic E-state index is 0.0245. The molecule has 0 fully saturated rings. The molecule has 2 nitrogen and oxygen atoms in total. The molecule has 1 aromatic heterocycles. The second-order valence-electron chi connectivity index (χ2n) is 6.49. The summed E-state index contributed by atoms with van der Waals surface area (Å²) in [5.41, 5.74) is 4.28. The number of aromatic nitrogens is 1. The van der Waals surface area contributed by atoms with Crippen LogP contribution in [0.3, 0.4) is 0 Å². The Hall–Kier alpha value is -2.42. The van der Waals surface area contributed by atoms with Crippen molar-refractivity contribution in [2.75, 3.05) is 0 Å². The molecular weight excluding hydrogens is 301 g/mol. The quantitative estimate of drug-likeness (QED) is 0.644. The molecule has 0 N–H and O–H groups in total. The van der Waals surface area contributed by atoms with Crippen molar-refractivity contribution in [3.63, 3.8) is 0 Å². The summed E-state index contributed by atoms with van der Waals surface area (Å²) in [5, 5.41) is 0.737. The van der Waals surface area contributed by atoms with Gasteiger partial charge in [0.05, 0.1) is 11.2 Å². The van der Waals surface area contributed by atoms with Gasteiger partial charge < -0.3 is 4.57 Å². The van der Waals surface area contributed by atoms with Crippen LogP contribution in [0.15, 0.2) is 47.3 Å². The molecule has 0 unspecified atom stereocenters. The molecule has 0 saturated carbocycles. The lowest BCUT2D eigenvalue weighted by Crippen LogP contribution is -2.16. The third-order valence-electron chi connectivity index (χ3n) is 4.60. The van der Waals surface area contributed by atoms with E-state index < -0.39 is 0 Å². The molecule has 3 aromatic rings. The first-order valence-corrected chi connectivity index (χ1v) is 8.37. The van der Waals surface area contributed by atoms with Gasteiger partial charge in [0.1, 0.15) is 5.82 Å². The Labute approximate surface area is 141 Å². The summed E-state index contributed by atoms with van der Waals surface area (Å²) >= 11 is 0. The topological polar surface area (TPSA) is 22.0 Å². The van der Waals surface area contributed by atoms with Gasteiger partial charge in [-0.05, 0) is 49.6 Å². The van der Waals surface area contributed by atoms with E-state index in [1.807, 2.05) is 32.0 Å². The van der Waals surface area contributed by atoms with Crippen molar-refractivity contribution in [3.8, 4) is 11.3 Å². The maximum absolute atomic E-state index is 13.7. The fraction of sp³-hybridized carbons (Fsp3) is 0.286. The maximum atomic E-state index is 13.7. The summed E-state index contributed by atoms with van der Waals surface area (Å²) in [6, 6.07) is 12.5. The first kappa shape index (κ1) is 16.4. The van der Waals surface area contributed by atoms with Gasteiger partial charge in [0.25, 0.3) is 0 Å². The molecule has 3 rings (SSSR count). The zero-order chi connectivity index (χ0) is 17.4. The number of hydrogen-bond donors (Lipinski definition) is 0. The highest BCUT2D eigenvalue weighted by Gasteiger charge is 2.16. The largest absolute Gasteiger partial charge is 0.340 e. The highest BCUT2D eigenvalue weighted by atomic mass is 19.1. The summed E-state index contributed by atoms with van der Waals surface area (Å²) in [6.45, 7) is 8.82. The molecule has 124 valence electrons. The van der Waals surface area contributed by atoms with E-state index in [1.54, 1.807) is 6.07 Å². The fourth-order valence-electron chi connectivity index (χ4n) is 3.30. The first-order chi connectivity index (χ1) is 11.4. The summed E-state index contributed by atoms with van der Waals surface area (Å²) in [5.74, 6) is 0.0735. The number of halogens is 1. The van der Waals surface area contributed by atoms with Gasteiger partial charge in [-0.15, -0.1) is 0 Å². The number of fused-ring (bicyclic) bond motifs is 1. The third kappa shape index (κ3) is 2.64. The zero-order valence-corrected chi connectivity index (χ0v) is 14.6. The van der Waals surface area contributed by atoms with Crippen LogP contribution in [0.2, 0.25) is 0 Å². The molecule has 0 amide bonds. The van der Waals surface area contributed by atoms with Crippen LogP contribution < -0.4 is 5.43 Å². The number of aryl methyl sites for hydroxylation is 1. The van der Waals surface area contributed by atoms with Gasteiger partial charge in [-0.25, -0.2) is 4.39 Å². The molecule has 0 aliphatic rings. The van der Waals surface area contributed by atoms with E-state index in [4.69, 9.17) is 0 Å². The third-order valence-corrected chi connectivity index (χ3v) is 4.60. The van der Waals surface area contributed by atoms with Gasteiger partial charge in [-0.2, -0.15) is 0 Å². The second-order valence-corrected chi connectivity index (χ2v) is 6.49. The standard InChI is InChI=1S/C21H22FNO/c1-5-23-19-10-9-15(13(2)3)12-18(19)21(24)14(4)20(23)16-7-6-8-17(22)11-16/h6-13H,5H2,1-4H3. The van der Waals surface area contributed by atoms with Crippen molar-refractivity contribution in [1.29, 1.82) is 0 Å². The van der Waals surface area contributed by atoms with Gasteiger partial charge in [-0.1, -0.05) is 32.0 Å². The average Bonchev–Trinajstić information content (AvgIpc) is 2.57. The molecule has 0 atom stereocenters. The average molecular weight is 323 g/mol. The Morgan fingerprint density at radius 1 is 1.12 bits per heavy atom. The van der Waals surface area contributed by atoms with Gasteiger partial charge in [0, 0.05) is 23.1 Å². The molecule has 0 aliphatic carbocycles. The molecule has 3 heteroatoms. The molecule has 1 heterocycles. The Kier molecular flexibility index (Phi) is 4.27. The van der Waals surface area contributed by atoms with Crippen LogP contribution in [-0.4, -0.2) is 4.57 Å². The van der Waals surface area contributed by atoms with E-state index >= 15 is 0 Å². The maximum Gasteiger partial charge on any atom is 0.192 e. The van der Waals surface area contributed by atoms with E-state index in [-0.39, 0.29) is 11.2 Å². The number of rotatable bonds is 3. The lowest BCUT2D eigenvalue weighted by atomic mass is 9.97. The predicted molar refractivity (Wildman–Crippen MR) is 98.1 cm³/mol. The van der Waals surface area contributed by atoms with E-state index in [0.717, 1.165) is 27.7 Å². The molecule has 2 aromatic carbocycles. The fourth-order valence-corrected chi connectivity index (χ4v) is 3.30. The van der Waals surface area contributed by atoms with Crippen LogP contribution in [0.25, 0.3) is 22.2 Å². The van der Waals surface area contributed by atoms with Crippen molar-refractivity contribution in [3.05, 3.63) is 69.6 Å². The monoisotopic (exact) mass is 323 g/mol. The molecule has 0 bridgehead atoms. The van der Waals surface area contributed by atoms with Crippen LogP contribution in [0.4, 0.5) is 4.39 Å². The summed E-state index contributed by atoms with van der Waals surface area (Å²) in [7, 11) is 0. The molecule has 0 spiro atoms. The van der Waals surface area contributed by atoms with Gasteiger partial charge in [0.2, 0.25) is 0 Å². The Bertz CT molecular complexity index is 969. The summed E-state index contributed by atoms with van der Waals surface area (Å²) in [4.78, 5) is 12.9. The van der Waals surface area contributed by atoms with Crippen molar-refractivity contribution >= 4 is 10.9 Å². The lowest BCUT2D eigenvalue weighted by molar-refractivity contribution is 0.628. The minimum Gasteiger partial charge on any atom is -0.340 e. The number of benzene rings is 2. The van der Waals surface area contributed by atoms with Crippen molar-refractivity contribution in [2.24, 2.45) is 0 Å². The van der Waals surface area contributed by atoms with Crippen LogP contribution in [0, 0.1) is 12.7 Å². The SMILES string of the molecule is CCn1c(-c2cccc(F)c2)c(C)c(=O)c2cc(C(C)C)ccc21. The number of hydrogen-bond acceptors (Lipinski definition) is 1. The second kappa shape index (κ2) is 6.23. The van der Waals surface area contributed by atoms with Crippen LogP contribution >= 0.6 is 0 Å². The van der Waals surface area contributed by atoms with Crippen LogP contribution in [0.5, 0.6) is 0 Å². The van der Waals surface area contributed by atoms with E-state index in [9.17, 15) is 9.18 Å². The molecule has 0 aliphatic heterocycles. The highest BCUT2D eigenvalue weighted by Crippen LogP contribution is 2.28. The lowest BCUT2D eigenvalue weighted by Gasteiger charge is -2.19. The smallest absolute Gasteiger partial charge is 0.192 e. The normalized spacial score (nSPS) is 11.4. The summed E-state index contributed by atoms with van der Waals surface area (Å²) in [6.07, 6.45) is 0. The first-order valence-electron chi connectivity index (χ1n) is 8.37. The van der Waals surface area contributed by atoms with Crippen molar-refractivity contribution in [1.82, 2.24) is 4.57 Å². The number of nitrogens with zero attached hydrogens (tertiary/aromatic N) is 1. The Morgan fingerprint density at radius 2 is 1.88 bits per heavy atom. The highest BCUT2D eigenvalue weighted by molar-refractivity contribution is 5.85. The molecule has 24 heavy (non-hydrogen) atoms. The van der Waals surface area contributed by atoms with Gasteiger partial charge in [0.15, 0.2) is 5.43 Å². The molecular formula is C21H22FNO. The summed E-state index contributed by atoms with van der Waals surface area (Å²) < 4.78 is 15.8. The zero-order valence-electron chi connectivity index (χ0n) is 14.6. The number of pyridine rings is 1. The van der Waals surface area contributed by atoms with Crippen molar-refractivity contribution in [2.45, 2.75) is 40.2 Å². The van der Waals surface area contributed by atoms with Gasteiger partial charge in [-0.3, -0.25) is 4.79 Å². The Morgan fingerprint density at radius 3 is 2.50 bits per heavy atom. The van der Waals surface area contributed by atoms with Crippen molar-refractivity contribution < 1.29 is 4.39 Å². The molecule has 0 radical (unpaired) electrons. The van der Waals surface area contributed by atoms with E-state index in [1.165, 1.54) is 12.1 Å². The Balaban J connectivity index is 2.42. The van der Waals surface area contributed by atoms with E-state index in [0.29, 0.717) is 18.0 Å². The van der Waals surface area contributed by atoms with Crippen LogP contribution in [-0.2, 0) is 6.54 Å². The molecule has 0 saturated heterocycles. The predicted octanol–water partition coefficient (Wildman–Crippen LogP) is 5.26. The minimum atomic E-state index is -0.294.